The van der Waals surface area contributed by atoms with Crippen molar-refractivity contribution in [3.63, 3.8) is 0 Å². The van der Waals surface area contributed by atoms with Crippen molar-refractivity contribution >= 4 is 24.3 Å². The number of likely N-dealkylation sites (N-methyl/N-ethyl adjacent to an activating group) is 1. The number of nitrogens with zero attached hydrogens (tertiary/aromatic N) is 1. The van der Waals surface area contributed by atoms with Crippen LogP contribution in [0.1, 0.15) is 47.2 Å². The van der Waals surface area contributed by atoms with Crippen LogP contribution in [0, 0.1) is 0 Å². The molecule has 2 N–H and O–H groups in total. The van der Waals surface area contributed by atoms with E-state index in [1.165, 1.54) is 30.3 Å². The zero-order valence-corrected chi connectivity index (χ0v) is 21.2. The minimum absolute atomic E-state index is 0. The Labute approximate surface area is 219 Å². The number of para-hydroxylation sites is 1. The van der Waals surface area contributed by atoms with E-state index < -0.39 is 28.8 Å². The summed E-state index contributed by atoms with van der Waals surface area (Å²) in [7, 11) is 1.77. The van der Waals surface area contributed by atoms with E-state index in [-0.39, 0.29) is 42.8 Å². The summed E-state index contributed by atoms with van der Waals surface area (Å²) >= 11 is 0. The zero-order valence-electron chi connectivity index (χ0n) is 20.3. The minimum Gasteiger partial charge on any atom is -0.492 e. The van der Waals surface area contributed by atoms with Crippen LogP contribution in [0.25, 0.3) is 0 Å². The highest BCUT2D eigenvalue weighted by molar-refractivity contribution is 5.88. The van der Waals surface area contributed by atoms with Gasteiger partial charge < -0.3 is 19.9 Å². The molecule has 1 aliphatic carbocycles. The third kappa shape index (κ3) is 6.19. The number of alkyl halides is 3. The van der Waals surface area contributed by atoms with E-state index in [4.69, 9.17) is 14.6 Å². The summed E-state index contributed by atoms with van der Waals surface area (Å²) in [5, 5.41) is 12.3. The molecule has 0 atom stereocenters. The standard InChI is InChI=1S/C26H29F3N2O5.ClH/c1-31(14-17-36-21-5-3-2-4-20(21)26(27,28)29)25(12-15-35-16-13-25)23(34)30-24(10-11-24)19-8-6-18(7-9-19)22(32)33;/h2-9H,10-17H2,1H3,(H,30,34)(H,32,33);1H. The van der Waals surface area contributed by atoms with Crippen molar-refractivity contribution in [2.45, 2.75) is 42.9 Å². The van der Waals surface area contributed by atoms with Crippen LogP contribution in [0.15, 0.2) is 48.5 Å². The fraction of sp³-hybridized carbons (Fsp3) is 0.462. The maximum atomic E-state index is 13.7. The molecule has 4 rings (SSSR count). The largest absolute Gasteiger partial charge is 0.492 e. The summed E-state index contributed by atoms with van der Waals surface area (Å²) in [4.78, 5) is 26.7. The molecule has 0 unspecified atom stereocenters. The molecule has 2 aliphatic rings. The van der Waals surface area contributed by atoms with Crippen molar-refractivity contribution in [3.8, 4) is 5.75 Å². The minimum atomic E-state index is -4.52. The van der Waals surface area contributed by atoms with E-state index in [1.807, 2.05) is 4.90 Å². The third-order valence-corrected chi connectivity index (χ3v) is 7.14. The van der Waals surface area contributed by atoms with Gasteiger partial charge in [-0.15, -0.1) is 12.4 Å². The van der Waals surface area contributed by atoms with Gasteiger partial charge in [-0.3, -0.25) is 9.69 Å². The first kappa shape index (κ1) is 28.7. The van der Waals surface area contributed by atoms with Gasteiger partial charge in [-0.2, -0.15) is 13.2 Å². The fourth-order valence-electron chi connectivity index (χ4n) is 4.70. The van der Waals surface area contributed by atoms with E-state index in [0.29, 0.717) is 26.1 Å². The van der Waals surface area contributed by atoms with Gasteiger partial charge in [0.05, 0.1) is 16.7 Å². The molecule has 202 valence electrons. The van der Waals surface area contributed by atoms with Crippen molar-refractivity contribution in [3.05, 3.63) is 65.2 Å². The van der Waals surface area contributed by atoms with Crippen LogP contribution in [0.4, 0.5) is 13.2 Å². The number of carbonyl (C=O) groups excluding carboxylic acids is 1. The second-order valence-corrected chi connectivity index (χ2v) is 9.33. The monoisotopic (exact) mass is 542 g/mol. The van der Waals surface area contributed by atoms with Crippen LogP contribution in [0.2, 0.25) is 0 Å². The summed E-state index contributed by atoms with van der Waals surface area (Å²) in [6.45, 7) is 0.979. The van der Waals surface area contributed by atoms with E-state index in [1.54, 1.807) is 19.2 Å². The number of benzene rings is 2. The first-order valence-electron chi connectivity index (χ1n) is 11.8. The quantitative estimate of drug-likeness (QED) is 0.485. The number of hydrogen-bond donors (Lipinski definition) is 2. The molecule has 1 saturated heterocycles. The number of carbonyl (C=O) groups is 2. The second kappa shape index (κ2) is 11.3. The summed E-state index contributed by atoms with van der Waals surface area (Å²) in [6, 6.07) is 11.6. The molecule has 0 spiro atoms. The zero-order chi connectivity index (χ0) is 26.0. The Hall–Kier alpha value is -2.82. The smallest absolute Gasteiger partial charge is 0.419 e. The second-order valence-electron chi connectivity index (χ2n) is 9.33. The van der Waals surface area contributed by atoms with Gasteiger partial charge in [-0.05, 0) is 62.6 Å². The number of hydrogen-bond acceptors (Lipinski definition) is 5. The lowest BCUT2D eigenvalue weighted by Gasteiger charge is -2.43. The Morgan fingerprint density at radius 3 is 2.24 bits per heavy atom. The van der Waals surface area contributed by atoms with Gasteiger partial charge in [-0.1, -0.05) is 24.3 Å². The normalized spacial score (nSPS) is 18.0. The Balaban J connectivity index is 0.00000380. The summed E-state index contributed by atoms with van der Waals surface area (Å²) in [5.41, 5.74) is -1.27. The first-order chi connectivity index (χ1) is 17.1. The molecule has 1 heterocycles. The van der Waals surface area contributed by atoms with Crippen molar-refractivity contribution in [1.29, 1.82) is 0 Å². The highest BCUT2D eigenvalue weighted by Crippen LogP contribution is 2.46. The van der Waals surface area contributed by atoms with Crippen molar-refractivity contribution in [2.24, 2.45) is 0 Å². The molecular formula is C26H30ClF3N2O5. The molecule has 0 aromatic heterocycles. The highest BCUT2D eigenvalue weighted by atomic mass is 35.5. The average Bonchev–Trinajstić information content (AvgIpc) is 3.64. The summed E-state index contributed by atoms with van der Waals surface area (Å²) in [5.74, 6) is -1.44. The predicted molar refractivity (Wildman–Crippen MR) is 132 cm³/mol. The van der Waals surface area contributed by atoms with Crippen LogP contribution in [-0.2, 0) is 21.2 Å². The van der Waals surface area contributed by atoms with Gasteiger partial charge in [0.1, 0.15) is 17.9 Å². The molecule has 0 radical (unpaired) electrons. The van der Waals surface area contributed by atoms with Gasteiger partial charge in [0, 0.05) is 19.8 Å². The van der Waals surface area contributed by atoms with E-state index in [2.05, 4.69) is 5.32 Å². The Bertz CT molecular complexity index is 1100. The van der Waals surface area contributed by atoms with Gasteiger partial charge >= 0.3 is 12.1 Å². The number of carboxylic acid groups (broad SMARTS) is 1. The van der Waals surface area contributed by atoms with Crippen molar-refractivity contribution in [2.75, 3.05) is 33.4 Å². The van der Waals surface area contributed by atoms with E-state index in [0.717, 1.165) is 24.5 Å². The molecule has 0 bridgehead atoms. The highest BCUT2D eigenvalue weighted by Gasteiger charge is 2.51. The molecule has 1 saturated carbocycles. The molecule has 1 amide bonds. The Morgan fingerprint density at radius 1 is 1.05 bits per heavy atom. The number of rotatable bonds is 9. The van der Waals surface area contributed by atoms with Crippen molar-refractivity contribution in [1.82, 2.24) is 10.2 Å². The van der Waals surface area contributed by atoms with E-state index in [9.17, 15) is 22.8 Å². The Kier molecular flexibility index (Phi) is 8.77. The van der Waals surface area contributed by atoms with Crippen LogP contribution >= 0.6 is 12.4 Å². The number of nitrogens with one attached hydrogen (secondary N) is 1. The topological polar surface area (TPSA) is 88.1 Å². The summed E-state index contributed by atoms with van der Waals surface area (Å²) < 4.78 is 50.8. The lowest BCUT2D eigenvalue weighted by atomic mass is 9.86. The molecule has 11 heteroatoms. The van der Waals surface area contributed by atoms with Crippen LogP contribution in [-0.4, -0.2) is 60.8 Å². The van der Waals surface area contributed by atoms with Crippen LogP contribution < -0.4 is 10.1 Å². The number of halogens is 4. The van der Waals surface area contributed by atoms with Crippen LogP contribution in [0.5, 0.6) is 5.75 Å². The number of ether oxygens (including phenoxy) is 2. The molecule has 2 aromatic rings. The lowest BCUT2D eigenvalue weighted by molar-refractivity contribution is -0.141. The summed E-state index contributed by atoms with van der Waals surface area (Å²) in [6.07, 6.45) is -2.19. The molecule has 2 aromatic carbocycles. The Morgan fingerprint density at radius 2 is 1.68 bits per heavy atom. The third-order valence-electron chi connectivity index (χ3n) is 7.14. The number of amides is 1. The van der Waals surface area contributed by atoms with E-state index >= 15 is 0 Å². The molecule has 1 aliphatic heterocycles. The SMILES string of the molecule is CN(CCOc1ccccc1C(F)(F)F)C1(C(=O)NC2(c3ccc(C(=O)O)cc3)CC2)CCOCC1.Cl. The van der Waals surface area contributed by atoms with Gasteiger partial charge in [0.2, 0.25) is 5.91 Å². The fourth-order valence-corrected chi connectivity index (χ4v) is 4.70. The van der Waals surface area contributed by atoms with Crippen LogP contribution in [0.3, 0.4) is 0 Å². The molecule has 2 fully saturated rings. The maximum absolute atomic E-state index is 13.7. The van der Waals surface area contributed by atoms with Crippen molar-refractivity contribution < 1.29 is 37.3 Å². The van der Waals surface area contributed by atoms with Gasteiger partial charge in [-0.25, -0.2) is 4.79 Å². The average molecular weight is 543 g/mol. The number of aromatic carboxylic acids is 1. The molecule has 7 nitrogen and oxygen atoms in total. The predicted octanol–water partition coefficient (Wildman–Crippen LogP) is 4.49. The lowest BCUT2D eigenvalue weighted by Crippen LogP contribution is -2.62. The number of carboxylic acids is 1. The first-order valence-corrected chi connectivity index (χ1v) is 11.8. The molecule has 37 heavy (non-hydrogen) atoms. The molecular weight excluding hydrogens is 513 g/mol. The van der Waals surface area contributed by atoms with Gasteiger partial charge in [0.25, 0.3) is 0 Å². The van der Waals surface area contributed by atoms with Gasteiger partial charge in [0.15, 0.2) is 0 Å². The maximum Gasteiger partial charge on any atom is 0.419 e.